The van der Waals surface area contributed by atoms with Crippen LogP contribution in [0, 0.1) is 0 Å². The molecule has 0 aliphatic carbocycles. The maximum absolute atomic E-state index is 11.8. The third-order valence-corrected chi connectivity index (χ3v) is 4.41. The van der Waals surface area contributed by atoms with Gasteiger partial charge < -0.3 is 10.2 Å². The van der Waals surface area contributed by atoms with Crippen molar-refractivity contribution in [3.63, 3.8) is 0 Å². The van der Waals surface area contributed by atoms with Crippen molar-refractivity contribution in [3.8, 4) is 0 Å². The van der Waals surface area contributed by atoms with Crippen LogP contribution in [0.4, 0.5) is 0 Å². The average molecular weight is 375 g/mol. The lowest BCUT2D eigenvalue weighted by Gasteiger charge is -2.09. The second-order valence-electron chi connectivity index (χ2n) is 7.68. The molecule has 0 radical (unpaired) electrons. The number of carbonyl (C=O) groups is 1. The van der Waals surface area contributed by atoms with E-state index < -0.39 is 0 Å². The Balaban J connectivity index is 4.04. The lowest BCUT2D eigenvalue weighted by Crippen LogP contribution is -2.30. The summed E-state index contributed by atoms with van der Waals surface area (Å²) in [5.74, 6) is 0.0180. The molecule has 0 unspecified atom stereocenters. The van der Waals surface area contributed by atoms with Gasteiger partial charge in [-0.15, -0.1) is 0 Å². The van der Waals surface area contributed by atoms with Crippen molar-refractivity contribution in [1.82, 2.24) is 10.2 Å². The van der Waals surface area contributed by atoms with E-state index in [-0.39, 0.29) is 5.91 Å². The van der Waals surface area contributed by atoms with Crippen LogP contribution in [-0.2, 0) is 4.79 Å². The standard InChI is InChI=1S/C24H42N2O/c1-7-8-9-10-13-21(2)14-11-15-22(3)16-12-17-23(4)20-24(27)25-18-19-26(5)6/h8-9,14,16,20H,7,10-13,15,17-19H2,1-6H3,(H,25,27). The third kappa shape index (κ3) is 17.6. The number of nitrogens with zero attached hydrogens (tertiary/aromatic N) is 1. The average Bonchev–Trinajstić information content (AvgIpc) is 2.58. The first-order chi connectivity index (χ1) is 12.8. The molecule has 0 aromatic rings. The molecule has 0 fully saturated rings. The van der Waals surface area contributed by atoms with E-state index in [1.165, 1.54) is 17.6 Å². The zero-order chi connectivity index (χ0) is 20.5. The van der Waals surface area contributed by atoms with Crippen LogP contribution in [0.2, 0.25) is 0 Å². The van der Waals surface area contributed by atoms with Crippen molar-refractivity contribution in [3.05, 3.63) is 47.1 Å². The fraction of sp³-hybridized carbons (Fsp3) is 0.625. The lowest BCUT2D eigenvalue weighted by atomic mass is 10.0. The van der Waals surface area contributed by atoms with Gasteiger partial charge >= 0.3 is 0 Å². The summed E-state index contributed by atoms with van der Waals surface area (Å²) < 4.78 is 0. The number of likely N-dealkylation sites (N-methyl/N-ethyl adjacent to an activating group) is 1. The quantitative estimate of drug-likeness (QED) is 0.307. The van der Waals surface area contributed by atoms with E-state index in [0.29, 0.717) is 6.54 Å². The van der Waals surface area contributed by atoms with Gasteiger partial charge in [-0.2, -0.15) is 0 Å². The van der Waals surface area contributed by atoms with Crippen LogP contribution in [0.5, 0.6) is 0 Å². The smallest absolute Gasteiger partial charge is 0.243 e. The van der Waals surface area contributed by atoms with Gasteiger partial charge in [-0.25, -0.2) is 0 Å². The van der Waals surface area contributed by atoms with E-state index in [9.17, 15) is 4.79 Å². The van der Waals surface area contributed by atoms with Gasteiger partial charge in [0, 0.05) is 19.2 Å². The summed E-state index contributed by atoms with van der Waals surface area (Å²) in [6.07, 6.45) is 18.6. The number of allylic oxidation sites excluding steroid dienone is 7. The summed E-state index contributed by atoms with van der Waals surface area (Å²) in [4.78, 5) is 13.9. The molecule has 0 spiro atoms. The molecule has 0 saturated heterocycles. The van der Waals surface area contributed by atoms with E-state index in [1.54, 1.807) is 6.08 Å². The minimum atomic E-state index is 0.0180. The van der Waals surface area contributed by atoms with Gasteiger partial charge in [0.15, 0.2) is 0 Å². The van der Waals surface area contributed by atoms with Crippen LogP contribution in [0.1, 0.15) is 72.6 Å². The zero-order valence-electron chi connectivity index (χ0n) is 18.6. The Labute approximate surface area is 168 Å². The first-order valence-electron chi connectivity index (χ1n) is 10.4. The molecule has 0 aromatic carbocycles. The minimum Gasteiger partial charge on any atom is -0.351 e. The first kappa shape index (κ1) is 25.4. The molecule has 0 aliphatic heterocycles. The lowest BCUT2D eigenvalue weighted by molar-refractivity contribution is -0.116. The van der Waals surface area contributed by atoms with Crippen molar-refractivity contribution in [2.45, 2.75) is 72.6 Å². The Bertz CT molecular complexity index is 524. The topological polar surface area (TPSA) is 32.3 Å². The Hall–Kier alpha value is -1.61. The predicted octanol–water partition coefficient (Wildman–Crippen LogP) is 5.81. The van der Waals surface area contributed by atoms with Crippen molar-refractivity contribution in [2.24, 2.45) is 0 Å². The molecule has 0 aromatic heterocycles. The van der Waals surface area contributed by atoms with E-state index in [2.05, 4.69) is 55.3 Å². The van der Waals surface area contributed by atoms with Gasteiger partial charge in [-0.05, 0) is 79.8 Å². The summed E-state index contributed by atoms with van der Waals surface area (Å²) in [5.41, 5.74) is 4.06. The highest BCUT2D eigenvalue weighted by Crippen LogP contribution is 2.13. The highest BCUT2D eigenvalue weighted by Gasteiger charge is 1.98. The fourth-order valence-corrected chi connectivity index (χ4v) is 2.64. The molecule has 0 saturated carbocycles. The monoisotopic (exact) mass is 374 g/mol. The number of carbonyl (C=O) groups excluding carboxylic acids is 1. The van der Waals surface area contributed by atoms with Gasteiger partial charge in [-0.1, -0.05) is 47.9 Å². The second kappa shape index (κ2) is 16.6. The molecule has 3 heteroatoms. The first-order valence-corrected chi connectivity index (χ1v) is 10.4. The van der Waals surface area contributed by atoms with Crippen molar-refractivity contribution in [1.29, 1.82) is 0 Å². The molecule has 0 heterocycles. The van der Waals surface area contributed by atoms with Crippen LogP contribution in [0.15, 0.2) is 47.1 Å². The Kier molecular flexibility index (Phi) is 15.6. The number of amides is 1. The van der Waals surface area contributed by atoms with Crippen molar-refractivity contribution < 1.29 is 4.79 Å². The molecule has 0 aliphatic rings. The number of nitrogens with one attached hydrogen (secondary N) is 1. The van der Waals surface area contributed by atoms with E-state index in [0.717, 1.165) is 50.6 Å². The summed E-state index contributed by atoms with van der Waals surface area (Å²) in [5, 5.41) is 2.92. The molecular formula is C24H42N2O. The maximum atomic E-state index is 11.8. The fourth-order valence-electron chi connectivity index (χ4n) is 2.64. The maximum Gasteiger partial charge on any atom is 0.243 e. The molecule has 154 valence electrons. The number of hydrogen-bond donors (Lipinski definition) is 1. The Morgan fingerprint density at radius 2 is 1.41 bits per heavy atom. The van der Waals surface area contributed by atoms with Crippen molar-refractivity contribution >= 4 is 5.91 Å². The minimum absolute atomic E-state index is 0.0180. The summed E-state index contributed by atoms with van der Waals surface area (Å²) in [6, 6.07) is 0. The summed E-state index contributed by atoms with van der Waals surface area (Å²) >= 11 is 0. The molecule has 0 bridgehead atoms. The third-order valence-electron chi connectivity index (χ3n) is 4.41. The largest absolute Gasteiger partial charge is 0.351 e. The van der Waals surface area contributed by atoms with E-state index in [1.807, 2.05) is 21.0 Å². The van der Waals surface area contributed by atoms with Crippen molar-refractivity contribution in [2.75, 3.05) is 27.2 Å². The molecule has 1 N–H and O–H groups in total. The summed E-state index contributed by atoms with van der Waals surface area (Å²) in [6.45, 7) is 10.2. The SMILES string of the molecule is CCC=CCCC(C)=CCCC(C)=CCCC(C)=CC(=O)NCCN(C)C. The highest BCUT2D eigenvalue weighted by molar-refractivity contribution is 5.88. The van der Waals surface area contributed by atoms with E-state index >= 15 is 0 Å². The summed E-state index contributed by atoms with van der Waals surface area (Å²) in [7, 11) is 4.01. The van der Waals surface area contributed by atoms with E-state index in [4.69, 9.17) is 0 Å². The van der Waals surface area contributed by atoms with Crippen LogP contribution >= 0.6 is 0 Å². The van der Waals surface area contributed by atoms with Gasteiger partial charge in [0.25, 0.3) is 0 Å². The van der Waals surface area contributed by atoms with Gasteiger partial charge in [0.1, 0.15) is 0 Å². The molecule has 1 amide bonds. The Morgan fingerprint density at radius 1 is 0.852 bits per heavy atom. The Morgan fingerprint density at radius 3 is 1.96 bits per heavy atom. The number of hydrogen-bond acceptors (Lipinski definition) is 2. The van der Waals surface area contributed by atoms with Gasteiger partial charge in [0.05, 0.1) is 0 Å². The van der Waals surface area contributed by atoms with Crippen LogP contribution < -0.4 is 5.32 Å². The molecule has 3 nitrogen and oxygen atoms in total. The predicted molar refractivity (Wildman–Crippen MR) is 120 cm³/mol. The molecule has 0 atom stereocenters. The second-order valence-corrected chi connectivity index (χ2v) is 7.68. The molecule has 27 heavy (non-hydrogen) atoms. The number of rotatable bonds is 14. The van der Waals surface area contributed by atoms with Gasteiger partial charge in [0.2, 0.25) is 5.91 Å². The highest BCUT2D eigenvalue weighted by atomic mass is 16.1. The molecule has 0 rings (SSSR count). The van der Waals surface area contributed by atoms with Crippen LogP contribution in [-0.4, -0.2) is 38.0 Å². The van der Waals surface area contributed by atoms with Gasteiger partial charge in [-0.3, -0.25) is 4.79 Å². The molecular weight excluding hydrogens is 332 g/mol. The van der Waals surface area contributed by atoms with Crippen LogP contribution in [0.3, 0.4) is 0 Å². The van der Waals surface area contributed by atoms with Crippen LogP contribution in [0.25, 0.3) is 0 Å². The normalized spacial score (nSPS) is 13.7. The zero-order valence-corrected chi connectivity index (χ0v) is 18.6.